The molecule has 1 N–H and O–H groups in total. The minimum absolute atomic E-state index is 0.374. The van der Waals surface area contributed by atoms with Gasteiger partial charge in [0.1, 0.15) is 4.60 Å². The molecule has 2 heterocycles. The molecule has 2 aromatic rings. The van der Waals surface area contributed by atoms with E-state index in [1.807, 2.05) is 0 Å². The Hall–Kier alpha value is -0.750. The summed E-state index contributed by atoms with van der Waals surface area (Å²) in [5.74, 6) is 0. The van der Waals surface area contributed by atoms with E-state index in [-0.39, 0.29) is 0 Å². The van der Waals surface area contributed by atoms with Crippen LogP contribution in [-0.4, -0.2) is 21.0 Å². The highest BCUT2D eigenvalue weighted by Crippen LogP contribution is 2.24. The van der Waals surface area contributed by atoms with E-state index in [9.17, 15) is 0 Å². The molecule has 0 aliphatic rings. The van der Waals surface area contributed by atoms with E-state index >= 15 is 0 Å². The molecule has 0 atom stereocenters. The van der Waals surface area contributed by atoms with E-state index in [1.54, 1.807) is 6.20 Å². The SMILES string of the molecule is CC(C)Nc1nc2ncc(Br)nc2s1. The van der Waals surface area contributed by atoms with Crippen LogP contribution in [0.3, 0.4) is 0 Å². The standard InChI is InChI=1S/C8H9BrN4S/c1-4(2)11-8-13-6-7(14-8)12-5(9)3-10-6/h3-4H,1-2H3,(H,10,11,13). The molecule has 6 heteroatoms. The van der Waals surface area contributed by atoms with Crippen molar-refractivity contribution in [1.82, 2.24) is 15.0 Å². The lowest BCUT2D eigenvalue weighted by atomic mass is 10.4. The third kappa shape index (κ3) is 2.01. The van der Waals surface area contributed by atoms with E-state index in [4.69, 9.17) is 0 Å². The number of rotatable bonds is 2. The van der Waals surface area contributed by atoms with Crippen molar-refractivity contribution >= 4 is 42.9 Å². The predicted octanol–water partition coefficient (Wildman–Crippen LogP) is 2.67. The van der Waals surface area contributed by atoms with E-state index in [0.29, 0.717) is 11.7 Å². The first kappa shape index (κ1) is 9.79. The fourth-order valence-electron chi connectivity index (χ4n) is 1.01. The van der Waals surface area contributed by atoms with Crippen molar-refractivity contribution in [2.45, 2.75) is 19.9 Å². The van der Waals surface area contributed by atoms with Gasteiger partial charge in [-0.3, -0.25) is 0 Å². The fourth-order valence-corrected chi connectivity index (χ4v) is 2.35. The highest BCUT2D eigenvalue weighted by molar-refractivity contribution is 9.10. The van der Waals surface area contributed by atoms with E-state index in [2.05, 4.69) is 50.0 Å². The van der Waals surface area contributed by atoms with Crippen molar-refractivity contribution in [2.24, 2.45) is 0 Å². The number of halogens is 1. The number of hydrogen-bond donors (Lipinski definition) is 1. The van der Waals surface area contributed by atoms with Gasteiger partial charge in [-0.05, 0) is 29.8 Å². The molecule has 0 radical (unpaired) electrons. The third-order valence-corrected chi connectivity index (χ3v) is 2.76. The smallest absolute Gasteiger partial charge is 0.191 e. The van der Waals surface area contributed by atoms with Crippen molar-refractivity contribution in [2.75, 3.05) is 5.32 Å². The first-order chi connectivity index (χ1) is 6.65. The maximum atomic E-state index is 4.31. The zero-order valence-corrected chi connectivity index (χ0v) is 10.2. The summed E-state index contributed by atoms with van der Waals surface area (Å²) < 4.78 is 0.741. The summed E-state index contributed by atoms with van der Waals surface area (Å²) in [4.78, 5) is 13.6. The Balaban J connectivity index is 2.41. The van der Waals surface area contributed by atoms with Crippen LogP contribution in [0.5, 0.6) is 0 Å². The van der Waals surface area contributed by atoms with Crippen molar-refractivity contribution < 1.29 is 0 Å². The van der Waals surface area contributed by atoms with E-state index in [1.165, 1.54) is 11.3 Å². The Bertz CT molecular complexity index is 454. The van der Waals surface area contributed by atoms with E-state index < -0.39 is 0 Å². The van der Waals surface area contributed by atoms with Gasteiger partial charge in [-0.1, -0.05) is 11.3 Å². The van der Waals surface area contributed by atoms with Crippen molar-refractivity contribution in [3.63, 3.8) is 0 Å². The molecule has 0 amide bonds. The molecule has 0 spiro atoms. The highest BCUT2D eigenvalue weighted by atomic mass is 79.9. The lowest BCUT2D eigenvalue weighted by Crippen LogP contribution is -2.08. The molecular formula is C8H9BrN4S. The van der Waals surface area contributed by atoms with Crippen molar-refractivity contribution in [1.29, 1.82) is 0 Å². The van der Waals surface area contributed by atoms with E-state index in [0.717, 1.165) is 14.6 Å². The number of nitrogens with one attached hydrogen (secondary N) is 1. The lowest BCUT2D eigenvalue weighted by molar-refractivity contribution is 0.897. The zero-order chi connectivity index (χ0) is 10.1. The minimum Gasteiger partial charge on any atom is -0.359 e. The average Bonchev–Trinajstić information content (AvgIpc) is 2.44. The summed E-state index contributed by atoms with van der Waals surface area (Å²) in [7, 11) is 0. The van der Waals surface area contributed by atoms with Crippen LogP contribution in [0.2, 0.25) is 0 Å². The second-order valence-electron chi connectivity index (χ2n) is 3.14. The summed E-state index contributed by atoms with van der Waals surface area (Å²) in [6.07, 6.45) is 1.65. The Morgan fingerprint density at radius 1 is 1.43 bits per heavy atom. The maximum absolute atomic E-state index is 4.31. The van der Waals surface area contributed by atoms with Gasteiger partial charge in [-0.2, -0.15) is 4.98 Å². The summed E-state index contributed by atoms with van der Waals surface area (Å²) in [6, 6.07) is 0.374. The van der Waals surface area contributed by atoms with Gasteiger partial charge in [-0.25, -0.2) is 9.97 Å². The van der Waals surface area contributed by atoms with Crippen LogP contribution in [-0.2, 0) is 0 Å². The van der Waals surface area contributed by atoms with Crippen molar-refractivity contribution in [3.8, 4) is 0 Å². The van der Waals surface area contributed by atoms with Crippen LogP contribution in [0.15, 0.2) is 10.8 Å². The second-order valence-corrected chi connectivity index (χ2v) is 4.93. The van der Waals surface area contributed by atoms with Gasteiger partial charge in [0.2, 0.25) is 0 Å². The minimum atomic E-state index is 0.374. The summed E-state index contributed by atoms with van der Waals surface area (Å²) in [6.45, 7) is 4.14. The molecule has 2 aromatic heterocycles. The molecule has 0 saturated heterocycles. The van der Waals surface area contributed by atoms with Crippen molar-refractivity contribution in [3.05, 3.63) is 10.8 Å². The quantitative estimate of drug-likeness (QED) is 0.914. The molecule has 0 aliphatic carbocycles. The number of fused-ring (bicyclic) bond motifs is 1. The first-order valence-corrected chi connectivity index (χ1v) is 5.82. The van der Waals surface area contributed by atoms with Crippen LogP contribution >= 0.6 is 27.3 Å². The Morgan fingerprint density at radius 2 is 2.21 bits per heavy atom. The molecule has 0 bridgehead atoms. The molecule has 0 aliphatic heterocycles. The summed E-state index contributed by atoms with van der Waals surface area (Å²) in [5.41, 5.74) is 0.696. The number of nitrogens with zero attached hydrogens (tertiary/aromatic N) is 3. The van der Waals surface area contributed by atoms with Gasteiger partial charge < -0.3 is 5.32 Å². The molecular weight excluding hydrogens is 264 g/mol. The molecule has 0 saturated carbocycles. The molecule has 4 nitrogen and oxygen atoms in total. The normalized spacial score (nSPS) is 11.1. The van der Waals surface area contributed by atoms with Crippen LogP contribution in [0.4, 0.5) is 5.13 Å². The molecule has 14 heavy (non-hydrogen) atoms. The molecule has 2 rings (SSSR count). The number of thiazole rings is 1. The van der Waals surface area contributed by atoms with Gasteiger partial charge in [0.15, 0.2) is 15.6 Å². The van der Waals surface area contributed by atoms with Gasteiger partial charge in [0.05, 0.1) is 6.20 Å². The number of aromatic nitrogens is 3. The topological polar surface area (TPSA) is 50.7 Å². The summed E-state index contributed by atoms with van der Waals surface area (Å²) in [5, 5.41) is 4.09. The van der Waals surface area contributed by atoms with Crippen LogP contribution < -0.4 is 5.32 Å². The highest BCUT2D eigenvalue weighted by Gasteiger charge is 2.06. The Labute approximate surface area is 93.9 Å². The first-order valence-electron chi connectivity index (χ1n) is 4.21. The predicted molar refractivity (Wildman–Crippen MR) is 61.7 cm³/mol. The largest absolute Gasteiger partial charge is 0.359 e. The zero-order valence-electron chi connectivity index (χ0n) is 7.78. The molecule has 0 aromatic carbocycles. The molecule has 0 unspecified atom stereocenters. The van der Waals surface area contributed by atoms with Gasteiger partial charge in [-0.15, -0.1) is 0 Å². The Morgan fingerprint density at radius 3 is 2.93 bits per heavy atom. The van der Waals surface area contributed by atoms with Gasteiger partial charge >= 0.3 is 0 Å². The van der Waals surface area contributed by atoms with Gasteiger partial charge in [0.25, 0.3) is 0 Å². The lowest BCUT2D eigenvalue weighted by Gasteiger charge is -2.03. The Kier molecular flexibility index (Phi) is 2.64. The monoisotopic (exact) mass is 272 g/mol. The number of hydrogen-bond acceptors (Lipinski definition) is 5. The summed E-state index contributed by atoms with van der Waals surface area (Å²) >= 11 is 4.79. The van der Waals surface area contributed by atoms with Gasteiger partial charge in [0, 0.05) is 6.04 Å². The van der Waals surface area contributed by atoms with Crippen LogP contribution in [0.25, 0.3) is 10.5 Å². The maximum Gasteiger partial charge on any atom is 0.191 e. The molecule has 74 valence electrons. The van der Waals surface area contributed by atoms with Crippen LogP contribution in [0.1, 0.15) is 13.8 Å². The second kappa shape index (κ2) is 3.78. The third-order valence-electron chi connectivity index (χ3n) is 1.51. The number of anilines is 1. The average molecular weight is 273 g/mol. The van der Waals surface area contributed by atoms with Crippen LogP contribution in [0, 0.1) is 0 Å². The molecule has 0 fully saturated rings. The fraction of sp³-hybridized carbons (Fsp3) is 0.375.